The fourth-order valence-corrected chi connectivity index (χ4v) is 2.06. The number of aromatic nitrogens is 2. The van der Waals surface area contributed by atoms with Gasteiger partial charge in [0.05, 0.1) is 18.4 Å². The lowest BCUT2D eigenvalue weighted by Gasteiger charge is -2.17. The quantitative estimate of drug-likeness (QED) is 0.882. The monoisotopic (exact) mass is 272 g/mol. The molecule has 20 heavy (non-hydrogen) atoms. The van der Waals surface area contributed by atoms with Gasteiger partial charge in [0.1, 0.15) is 0 Å². The first-order valence-electron chi connectivity index (χ1n) is 6.64. The van der Waals surface area contributed by atoms with Gasteiger partial charge in [-0.25, -0.2) is 4.68 Å². The van der Waals surface area contributed by atoms with Crippen LogP contribution in [0.2, 0.25) is 0 Å². The molecule has 2 rings (SSSR count). The third-order valence-electron chi connectivity index (χ3n) is 3.18. The average molecular weight is 272 g/mol. The normalized spacial score (nSPS) is 10.6. The van der Waals surface area contributed by atoms with Gasteiger partial charge >= 0.3 is 0 Å². The molecule has 0 aliphatic rings. The number of benzene rings is 1. The summed E-state index contributed by atoms with van der Waals surface area (Å²) in [6, 6.07) is 9.67. The van der Waals surface area contributed by atoms with Gasteiger partial charge in [0.2, 0.25) is 0 Å². The zero-order valence-corrected chi connectivity index (χ0v) is 11.9. The SMILES string of the molecule is Cc1cccc(Cn2ncc(N(C)CCN)cc2=O)c1. The minimum atomic E-state index is -0.104. The highest BCUT2D eigenvalue weighted by atomic mass is 16.1. The second-order valence-corrected chi connectivity index (χ2v) is 4.91. The van der Waals surface area contributed by atoms with Crippen LogP contribution in [0.4, 0.5) is 5.69 Å². The summed E-state index contributed by atoms with van der Waals surface area (Å²) in [6.45, 7) is 3.76. The molecule has 0 aliphatic heterocycles. The first kappa shape index (κ1) is 14.3. The molecule has 106 valence electrons. The van der Waals surface area contributed by atoms with E-state index in [0.717, 1.165) is 11.3 Å². The van der Waals surface area contributed by atoms with E-state index in [2.05, 4.69) is 11.2 Å². The zero-order chi connectivity index (χ0) is 14.5. The molecule has 0 radical (unpaired) electrons. The number of anilines is 1. The molecule has 0 fully saturated rings. The molecule has 0 amide bonds. The lowest BCUT2D eigenvalue weighted by Crippen LogP contribution is -2.29. The van der Waals surface area contributed by atoms with Gasteiger partial charge in [0, 0.05) is 26.2 Å². The summed E-state index contributed by atoms with van der Waals surface area (Å²) in [5.41, 5.74) is 8.44. The van der Waals surface area contributed by atoms with E-state index < -0.39 is 0 Å². The topological polar surface area (TPSA) is 64.2 Å². The number of aryl methyl sites for hydroxylation is 1. The number of hydrogen-bond acceptors (Lipinski definition) is 4. The molecule has 1 aromatic heterocycles. The largest absolute Gasteiger partial charge is 0.372 e. The van der Waals surface area contributed by atoms with Crippen molar-refractivity contribution in [2.45, 2.75) is 13.5 Å². The fraction of sp³-hybridized carbons (Fsp3) is 0.333. The van der Waals surface area contributed by atoms with Crippen molar-refractivity contribution in [3.05, 3.63) is 58.0 Å². The summed E-state index contributed by atoms with van der Waals surface area (Å²) in [4.78, 5) is 14.0. The summed E-state index contributed by atoms with van der Waals surface area (Å²) in [6.07, 6.45) is 1.70. The molecule has 2 N–H and O–H groups in total. The van der Waals surface area contributed by atoms with Gasteiger partial charge in [0.15, 0.2) is 0 Å². The van der Waals surface area contributed by atoms with Crippen molar-refractivity contribution in [1.29, 1.82) is 0 Å². The molecule has 0 spiro atoms. The van der Waals surface area contributed by atoms with Gasteiger partial charge < -0.3 is 10.6 Å². The molecule has 1 aromatic carbocycles. The van der Waals surface area contributed by atoms with Crippen LogP contribution in [-0.4, -0.2) is 29.9 Å². The second-order valence-electron chi connectivity index (χ2n) is 4.91. The van der Waals surface area contributed by atoms with Crippen molar-refractivity contribution in [2.24, 2.45) is 5.73 Å². The molecule has 5 nitrogen and oxygen atoms in total. The predicted octanol–water partition coefficient (Wildman–Crippen LogP) is 0.995. The third-order valence-corrected chi connectivity index (χ3v) is 3.18. The molecule has 1 heterocycles. The Morgan fingerprint density at radius 2 is 2.15 bits per heavy atom. The maximum Gasteiger partial charge on any atom is 0.269 e. The molecule has 2 aromatic rings. The van der Waals surface area contributed by atoms with Crippen LogP contribution in [0, 0.1) is 6.92 Å². The Hall–Kier alpha value is -2.14. The van der Waals surface area contributed by atoms with Crippen molar-refractivity contribution in [2.75, 3.05) is 25.0 Å². The van der Waals surface area contributed by atoms with E-state index in [-0.39, 0.29) is 5.56 Å². The van der Waals surface area contributed by atoms with Gasteiger partial charge in [-0.15, -0.1) is 0 Å². The molecular formula is C15H20N4O. The van der Waals surface area contributed by atoms with E-state index in [1.807, 2.05) is 37.1 Å². The van der Waals surface area contributed by atoms with Crippen LogP contribution >= 0.6 is 0 Å². The molecule has 0 atom stereocenters. The van der Waals surface area contributed by atoms with Gasteiger partial charge in [-0.3, -0.25) is 4.79 Å². The Bertz CT molecular complexity index is 636. The summed E-state index contributed by atoms with van der Waals surface area (Å²) in [7, 11) is 1.90. The van der Waals surface area contributed by atoms with Crippen LogP contribution in [0.1, 0.15) is 11.1 Å². The Kier molecular flexibility index (Phi) is 4.53. The summed E-state index contributed by atoms with van der Waals surface area (Å²) in [5, 5.41) is 4.23. The van der Waals surface area contributed by atoms with Crippen LogP contribution in [0.25, 0.3) is 0 Å². The molecule has 5 heteroatoms. The van der Waals surface area contributed by atoms with Crippen molar-refractivity contribution in [1.82, 2.24) is 9.78 Å². The minimum absolute atomic E-state index is 0.104. The van der Waals surface area contributed by atoms with Crippen LogP contribution in [0.5, 0.6) is 0 Å². The van der Waals surface area contributed by atoms with Crippen molar-refractivity contribution < 1.29 is 0 Å². The Morgan fingerprint density at radius 3 is 2.80 bits per heavy atom. The van der Waals surface area contributed by atoms with Gasteiger partial charge in [0.25, 0.3) is 5.56 Å². The van der Waals surface area contributed by atoms with Crippen LogP contribution in [0.15, 0.2) is 41.3 Å². The Labute approximate surface area is 118 Å². The molecule has 0 unspecified atom stereocenters. The lowest BCUT2D eigenvalue weighted by atomic mass is 10.1. The zero-order valence-electron chi connectivity index (χ0n) is 11.9. The highest BCUT2D eigenvalue weighted by molar-refractivity contribution is 5.41. The number of likely N-dealkylation sites (N-methyl/N-ethyl adjacent to an activating group) is 1. The molecule has 0 aliphatic carbocycles. The van der Waals surface area contributed by atoms with Crippen molar-refractivity contribution in [3.8, 4) is 0 Å². The summed E-state index contributed by atoms with van der Waals surface area (Å²) >= 11 is 0. The number of nitrogens with zero attached hydrogens (tertiary/aromatic N) is 3. The van der Waals surface area contributed by atoms with E-state index in [9.17, 15) is 4.79 Å². The van der Waals surface area contributed by atoms with E-state index in [1.54, 1.807) is 12.3 Å². The lowest BCUT2D eigenvalue weighted by molar-refractivity contribution is 0.637. The first-order chi connectivity index (χ1) is 9.60. The smallest absolute Gasteiger partial charge is 0.269 e. The predicted molar refractivity (Wildman–Crippen MR) is 81.1 cm³/mol. The highest BCUT2D eigenvalue weighted by Crippen LogP contribution is 2.08. The molecular weight excluding hydrogens is 252 g/mol. The fourth-order valence-electron chi connectivity index (χ4n) is 2.06. The van der Waals surface area contributed by atoms with Crippen LogP contribution < -0.4 is 16.2 Å². The maximum absolute atomic E-state index is 12.1. The average Bonchev–Trinajstić information content (AvgIpc) is 2.41. The number of hydrogen-bond donors (Lipinski definition) is 1. The van der Waals surface area contributed by atoms with E-state index >= 15 is 0 Å². The van der Waals surface area contributed by atoms with Crippen LogP contribution in [-0.2, 0) is 6.54 Å². The first-order valence-corrected chi connectivity index (χ1v) is 6.64. The number of nitrogens with two attached hydrogens (primary N) is 1. The number of rotatable bonds is 5. The van der Waals surface area contributed by atoms with Crippen molar-refractivity contribution in [3.63, 3.8) is 0 Å². The maximum atomic E-state index is 12.1. The standard InChI is InChI=1S/C15H20N4O/c1-12-4-3-5-13(8-12)11-19-15(20)9-14(10-17-19)18(2)7-6-16/h3-5,8-10H,6-7,11,16H2,1-2H3. The second kappa shape index (κ2) is 6.34. The van der Waals surface area contributed by atoms with E-state index in [4.69, 9.17) is 5.73 Å². The highest BCUT2D eigenvalue weighted by Gasteiger charge is 2.05. The molecule has 0 bridgehead atoms. The van der Waals surface area contributed by atoms with Crippen LogP contribution in [0.3, 0.4) is 0 Å². The van der Waals surface area contributed by atoms with Gasteiger partial charge in [-0.1, -0.05) is 29.8 Å². The third kappa shape index (κ3) is 3.45. The van der Waals surface area contributed by atoms with Gasteiger partial charge in [-0.05, 0) is 12.5 Å². The molecule has 0 saturated heterocycles. The minimum Gasteiger partial charge on any atom is -0.372 e. The van der Waals surface area contributed by atoms with Crippen molar-refractivity contribution >= 4 is 5.69 Å². The summed E-state index contributed by atoms with van der Waals surface area (Å²) < 4.78 is 1.47. The Balaban J connectivity index is 2.20. The summed E-state index contributed by atoms with van der Waals surface area (Å²) in [5.74, 6) is 0. The van der Waals surface area contributed by atoms with E-state index in [0.29, 0.717) is 19.6 Å². The molecule has 0 saturated carbocycles. The Morgan fingerprint density at radius 1 is 1.35 bits per heavy atom. The van der Waals surface area contributed by atoms with Gasteiger partial charge in [-0.2, -0.15) is 5.10 Å². The van der Waals surface area contributed by atoms with E-state index in [1.165, 1.54) is 10.2 Å².